The van der Waals surface area contributed by atoms with E-state index in [1.807, 2.05) is 36.4 Å². The van der Waals surface area contributed by atoms with Crippen molar-refractivity contribution in [2.45, 2.75) is 32.1 Å². The van der Waals surface area contributed by atoms with Gasteiger partial charge >= 0.3 is 6.03 Å². The normalized spacial score (nSPS) is 17.6. The Hall–Kier alpha value is -3.10. The van der Waals surface area contributed by atoms with E-state index in [1.54, 1.807) is 26.2 Å². The number of benzene rings is 2. The summed E-state index contributed by atoms with van der Waals surface area (Å²) in [4.78, 5) is 31.1. The van der Waals surface area contributed by atoms with Gasteiger partial charge in [0, 0.05) is 57.6 Å². The monoisotopic (exact) mass is 467 g/mol. The highest BCUT2D eigenvalue weighted by molar-refractivity contribution is 6.05. The number of methoxy groups -OCH3 is 3. The van der Waals surface area contributed by atoms with Crippen LogP contribution in [0.5, 0.6) is 5.75 Å². The van der Waals surface area contributed by atoms with Crippen molar-refractivity contribution >= 4 is 23.3 Å². The third-order valence-corrected chi connectivity index (χ3v) is 6.73. The summed E-state index contributed by atoms with van der Waals surface area (Å²) < 4.78 is 16.0. The third kappa shape index (κ3) is 5.18. The Morgan fingerprint density at radius 3 is 2.06 bits per heavy atom. The molecule has 2 aliphatic rings. The minimum atomic E-state index is -0.286. The van der Waals surface area contributed by atoms with E-state index >= 15 is 0 Å². The van der Waals surface area contributed by atoms with Crippen LogP contribution in [-0.2, 0) is 20.8 Å². The van der Waals surface area contributed by atoms with Crippen molar-refractivity contribution in [3.05, 3.63) is 54.1 Å². The van der Waals surface area contributed by atoms with Crippen molar-refractivity contribution in [2.75, 3.05) is 50.8 Å². The molecule has 4 rings (SSSR count). The lowest BCUT2D eigenvalue weighted by atomic mass is 9.95. The number of amides is 3. The van der Waals surface area contributed by atoms with Crippen LogP contribution in [0, 0.1) is 5.92 Å². The molecule has 0 unspecified atom stereocenters. The highest BCUT2D eigenvalue weighted by Gasteiger charge is 2.33. The molecule has 0 aromatic heterocycles. The molecule has 0 bridgehead atoms. The van der Waals surface area contributed by atoms with Gasteiger partial charge in [0.1, 0.15) is 5.75 Å². The fourth-order valence-electron chi connectivity index (χ4n) is 4.75. The molecule has 0 atom stereocenters. The summed E-state index contributed by atoms with van der Waals surface area (Å²) >= 11 is 0. The van der Waals surface area contributed by atoms with E-state index in [4.69, 9.17) is 14.2 Å². The maximum Gasteiger partial charge on any atom is 0.331 e. The molecule has 2 saturated heterocycles. The summed E-state index contributed by atoms with van der Waals surface area (Å²) in [5.74, 6) is 0.982. The molecule has 2 aromatic rings. The number of carbonyl (C=O) groups excluding carboxylic acids is 2. The fourth-order valence-corrected chi connectivity index (χ4v) is 4.75. The first-order chi connectivity index (χ1) is 16.5. The lowest BCUT2D eigenvalue weighted by Crippen LogP contribution is -2.52. The second-order valence-electron chi connectivity index (χ2n) is 8.69. The van der Waals surface area contributed by atoms with Gasteiger partial charge in [-0.2, -0.15) is 0 Å². The van der Waals surface area contributed by atoms with E-state index in [0.717, 1.165) is 48.6 Å². The number of piperidine rings is 1. The van der Waals surface area contributed by atoms with Crippen molar-refractivity contribution in [3.8, 4) is 5.75 Å². The maximum atomic E-state index is 13.2. The fraction of sp³-hybridized carbons (Fsp3) is 0.462. The Morgan fingerprint density at radius 1 is 0.853 bits per heavy atom. The summed E-state index contributed by atoms with van der Waals surface area (Å²) in [5, 5.41) is 0. The molecule has 2 aliphatic heterocycles. The Kier molecular flexibility index (Phi) is 7.70. The van der Waals surface area contributed by atoms with E-state index in [2.05, 4.69) is 17.0 Å². The Labute approximate surface area is 201 Å². The Balaban J connectivity index is 1.40. The summed E-state index contributed by atoms with van der Waals surface area (Å²) in [6.45, 7) is 2.49. The van der Waals surface area contributed by atoms with Gasteiger partial charge in [0.05, 0.1) is 13.7 Å². The number of anilines is 2. The van der Waals surface area contributed by atoms with Crippen LogP contribution in [0.25, 0.3) is 0 Å². The number of imide groups is 1. The van der Waals surface area contributed by atoms with Crippen LogP contribution in [0.1, 0.15) is 24.8 Å². The van der Waals surface area contributed by atoms with Crippen LogP contribution < -0.4 is 14.5 Å². The smallest absolute Gasteiger partial charge is 0.331 e. The van der Waals surface area contributed by atoms with Crippen LogP contribution in [0.2, 0.25) is 0 Å². The number of hydrogen-bond donors (Lipinski definition) is 0. The number of urea groups is 1. The van der Waals surface area contributed by atoms with E-state index < -0.39 is 0 Å². The molecule has 8 nitrogen and oxygen atoms in total. The van der Waals surface area contributed by atoms with E-state index in [0.29, 0.717) is 18.9 Å². The minimum absolute atomic E-state index is 0.151. The third-order valence-electron chi connectivity index (χ3n) is 6.73. The molecule has 0 aliphatic carbocycles. The maximum absolute atomic E-state index is 13.2. The standard InChI is InChI=1S/C26H33N3O5/c1-32-23-10-4-19(5-11-23)18-29-24(30)14-17-28(26(29)31)22-8-6-21(7-9-22)27-15-12-20(13-16-27)25(33-2)34-3/h4-11,20,25H,12-18H2,1-3H3. The first kappa shape index (κ1) is 24.0. The van der Waals surface area contributed by atoms with Gasteiger partial charge < -0.3 is 19.1 Å². The number of rotatable bonds is 8. The molecule has 0 radical (unpaired) electrons. The number of nitrogens with zero attached hydrogens (tertiary/aromatic N) is 3. The van der Waals surface area contributed by atoms with Crippen LogP contribution in [0.4, 0.5) is 16.2 Å². The van der Waals surface area contributed by atoms with Crippen LogP contribution >= 0.6 is 0 Å². The molecule has 2 aromatic carbocycles. The van der Waals surface area contributed by atoms with Crippen LogP contribution in [-0.4, -0.2) is 64.1 Å². The topological polar surface area (TPSA) is 71.6 Å². The van der Waals surface area contributed by atoms with Gasteiger partial charge in [0.25, 0.3) is 0 Å². The molecule has 34 heavy (non-hydrogen) atoms. The minimum Gasteiger partial charge on any atom is -0.497 e. The number of hydrogen-bond acceptors (Lipinski definition) is 6. The van der Waals surface area contributed by atoms with Crippen LogP contribution in [0.15, 0.2) is 48.5 Å². The average molecular weight is 468 g/mol. The van der Waals surface area contributed by atoms with Gasteiger partial charge in [-0.05, 0) is 54.8 Å². The highest BCUT2D eigenvalue weighted by atomic mass is 16.7. The van der Waals surface area contributed by atoms with Crippen molar-refractivity contribution < 1.29 is 23.8 Å². The molecular weight excluding hydrogens is 434 g/mol. The van der Waals surface area contributed by atoms with Gasteiger partial charge in [0.15, 0.2) is 6.29 Å². The number of carbonyl (C=O) groups is 2. The quantitative estimate of drug-likeness (QED) is 0.549. The van der Waals surface area contributed by atoms with Gasteiger partial charge in [-0.25, -0.2) is 4.79 Å². The molecule has 2 heterocycles. The molecular formula is C26H33N3O5. The van der Waals surface area contributed by atoms with Gasteiger partial charge in [0.2, 0.25) is 5.91 Å². The predicted octanol–water partition coefficient (Wildman–Crippen LogP) is 3.89. The van der Waals surface area contributed by atoms with Crippen LogP contribution in [0.3, 0.4) is 0 Å². The second-order valence-corrected chi connectivity index (χ2v) is 8.69. The molecule has 0 N–H and O–H groups in total. The zero-order chi connectivity index (χ0) is 24.1. The lowest BCUT2D eigenvalue weighted by molar-refractivity contribution is -0.141. The van der Waals surface area contributed by atoms with Crippen molar-refractivity contribution in [3.63, 3.8) is 0 Å². The van der Waals surface area contributed by atoms with E-state index in [-0.39, 0.29) is 24.8 Å². The predicted molar refractivity (Wildman–Crippen MR) is 130 cm³/mol. The zero-order valence-corrected chi connectivity index (χ0v) is 20.1. The van der Waals surface area contributed by atoms with E-state index in [9.17, 15) is 9.59 Å². The van der Waals surface area contributed by atoms with Gasteiger partial charge in [-0.15, -0.1) is 0 Å². The first-order valence-corrected chi connectivity index (χ1v) is 11.7. The Morgan fingerprint density at radius 2 is 1.47 bits per heavy atom. The Bertz CT molecular complexity index is 967. The average Bonchev–Trinajstić information content (AvgIpc) is 2.88. The summed E-state index contributed by atoms with van der Waals surface area (Å²) in [6, 6.07) is 15.2. The molecule has 3 amide bonds. The largest absolute Gasteiger partial charge is 0.497 e. The molecule has 182 valence electrons. The SMILES string of the molecule is COc1ccc(CN2C(=O)CCN(c3ccc(N4CCC(C(OC)OC)CC4)cc3)C2=O)cc1. The highest BCUT2D eigenvalue weighted by Crippen LogP contribution is 2.29. The van der Waals surface area contributed by atoms with Crippen molar-refractivity contribution in [2.24, 2.45) is 5.92 Å². The molecule has 0 spiro atoms. The number of ether oxygens (including phenoxy) is 3. The summed E-state index contributed by atoms with van der Waals surface area (Å²) in [7, 11) is 4.98. The summed E-state index contributed by atoms with van der Waals surface area (Å²) in [5.41, 5.74) is 2.81. The zero-order valence-electron chi connectivity index (χ0n) is 20.1. The van der Waals surface area contributed by atoms with Crippen molar-refractivity contribution in [1.29, 1.82) is 0 Å². The van der Waals surface area contributed by atoms with Crippen molar-refractivity contribution in [1.82, 2.24) is 4.90 Å². The van der Waals surface area contributed by atoms with E-state index in [1.165, 1.54) is 4.90 Å². The van der Waals surface area contributed by atoms with Gasteiger partial charge in [-0.1, -0.05) is 12.1 Å². The summed E-state index contributed by atoms with van der Waals surface area (Å²) in [6.07, 6.45) is 2.15. The lowest BCUT2D eigenvalue weighted by Gasteiger charge is -2.37. The van der Waals surface area contributed by atoms with Gasteiger partial charge in [-0.3, -0.25) is 14.6 Å². The second kappa shape index (κ2) is 10.9. The molecule has 8 heteroatoms. The molecule has 2 fully saturated rings. The molecule has 0 saturated carbocycles. The first-order valence-electron chi connectivity index (χ1n) is 11.7.